The number of halogens is 1. The Hall–Kier alpha value is -3.16. The van der Waals surface area contributed by atoms with E-state index in [2.05, 4.69) is 42.9 Å². The second-order valence-corrected chi connectivity index (χ2v) is 9.78. The van der Waals surface area contributed by atoms with E-state index < -0.39 is 11.1 Å². The lowest BCUT2D eigenvalue weighted by Gasteiger charge is -2.14. The van der Waals surface area contributed by atoms with E-state index in [1.54, 1.807) is 6.07 Å². The van der Waals surface area contributed by atoms with Gasteiger partial charge in [-0.15, -0.1) is 0 Å². The number of hydrogen-bond acceptors (Lipinski definition) is 1. The molecule has 0 aliphatic carbocycles. The van der Waals surface area contributed by atoms with Gasteiger partial charge in [0.1, 0.15) is 5.82 Å². The lowest BCUT2D eigenvalue weighted by molar-refractivity contribution is 0.559. The van der Waals surface area contributed by atoms with Crippen LogP contribution in [-0.2, 0) is 17.6 Å². The van der Waals surface area contributed by atoms with E-state index in [0.29, 0.717) is 6.54 Å². The molecule has 7 heteroatoms. The number of aromatic nitrogens is 3. The number of aromatic amines is 2. The molecule has 5 aromatic rings. The van der Waals surface area contributed by atoms with Crippen LogP contribution in [0, 0.1) is 12.7 Å². The number of nitrogens with one attached hydrogen (secondary N) is 2. The van der Waals surface area contributed by atoms with Crippen LogP contribution in [0.4, 0.5) is 4.39 Å². The van der Waals surface area contributed by atoms with E-state index in [4.69, 9.17) is 0 Å². The fourth-order valence-electron chi connectivity index (χ4n) is 4.93. The van der Waals surface area contributed by atoms with Crippen molar-refractivity contribution in [3.05, 3.63) is 71.9 Å². The number of nitrogens with zero attached hydrogens (tertiary/aromatic N) is 1. The molecule has 0 fully saturated rings. The maximum absolute atomic E-state index is 14.5. The molecule has 0 spiro atoms. The van der Waals surface area contributed by atoms with Gasteiger partial charge in [0.15, 0.2) is 11.1 Å². The Morgan fingerprint density at radius 1 is 1.12 bits per heavy atom. The van der Waals surface area contributed by atoms with Crippen LogP contribution in [0.5, 0.6) is 0 Å². The Balaban J connectivity index is 1.74. The van der Waals surface area contributed by atoms with E-state index in [1.165, 1.54) is 6.07 Å². The standard InChI is InChI=1S/C26H26FN3O2S/c1-15(2)24-25(20-5-4-6-23-19(20)8-10-30(23)11-12-33(31)32)16(3)29-26(24)21-13-17(27)14-22-18(21)7-9-28-22/h4-10,13-15,28-29H,11-12H2,1-3H3,(H,31,32). The van der Waals surface area contributed by atoms with Gasteiger partial charge >= 0.3 is 0 Å². The zero-order chi connectivity index (χ0) is 23.3. The first kappa shape index (κ1) is 21.7. The minimum atomic E-state index is -1.84. The lowest BCUT2D eigenvalue weighted by Crippen LogP contribution is -2.05. The van der Waals surface area contributed by atoms with Crippen molar-refractivity contribution in [2.45, 2.75) is 33.2 Å². The molecule has 0 amide bonds. The number of benzene rings is 2. The van der Waals surface area contributed by atoms with Crippen molar-refractivity contribution >= 4 is 32.9 Å². The first-order valence-electron chi connectivity index (χ1n) is 11.0. The summed E-state index contributed by atoms with van der Waals surface area (Å²) in [4.78, 5) is 6.69. The zero-order valence-corrected chi connectivity index (χ0v) is 19.6. The molecule has 3 aromatic heterocycles. The van der Waals surface area contributed by atoms with Crippen molar-refractivity contribution < 1.29 is 13.2 Å². The Kier molecular flexibility index (Phi) is 5.46. The third kappa shape index (κ3) is 3.71. The van der Waals surface area contributed by atoms with Crippen LogP contribution < -0.4 is 0 Å². The largest absolute Gasteiger partial charge is 0.361 e. The molecule has 3 heterocycles. The predicted octanol–water partition coefficient (Wildman–Crippen LogP) is 6.58. The van der Waals surface area contributed by atoms with Gasteiger partial charge in [0.2, 0.25) is 0 Å². The third-order valence-electron chi connectivity index (χ3n) is 6.30. The minimum absolute atomic E-state index is 0.185. The molecule has 1 unspecified atom stereocenters. The fourth-order valence-corrected chi connectivity index (χ4v) is 5.29. The quantitative estimate of drug-likeness (QED) is 0.249. The van der Waals surface area contributed by atoms with Gasteiger partial charge in [-0.05, 0) is 54.3 Å². The summed E-state index contributed by atoms with van der Waals surface area (Å²) in [7, 11) is 0. The van der Waals surface area contributed by atoms with Crippen molar-refractivity contribution in [3.63, 3.8) is 0 Å². The Morgan fingerprint density at radius 2 is 1.94 bits per heavy atom. The van der Waals surface area contributed by atoms with Gasteiger partial charge in [0.25, 0.3) is 0 Å². The first-order chi connectivity index (χ1) is 15.8. The van der Waals surface area contributed by atoms with Crippen molar-refractivity contribution in [1.29, 1.82) is 0 Å². The normalized spacial score (nSPS) is 12.9. The van der Waals surface area contributed by atoms with Gasteiger partial charge in [-0.2, -0.15) is 0 Å². The van der Waals surface area contributed by atoms with Crippen LogP contribution >= 0.6 is 0 Å². The fraction of sp³-hybridized carbons (Fsp3) is 0.231. The molecule has 0 saturated carbocycles. The van der Waals surface area contributed by atoms with Crippen LogP contribution in [-0.4, -0.2) is 29.0 Å². The Bertz CT molecular complexity index is 1510. The summed E-state index contributed by atoms with van der Waals surface area (Å²) in [6, 6.07) is 13.3. The summed E-state index contributed by atoms with van der Waals surface area (Å²) < 4.78 is 36.9. The number of aryl methyl sites for hydroxylation is 2. The maximum Gasteiger partial charge on any atom is 0.154 e. The molecule has 2 aromatic carbocycles. The number of rotatable bonds is 6. The molecular formula is C26H26FN3O2S. The van der Waals surface area contributed by atoms with Gasteiger partial charge in [0, 0.05) is 57.6 Å². The number of H-pyrrole nitrogens is 2. The molecule has 0 aliphatic heterocycles. The van der Waals surface area contributed by atoms with Crippen molar-refractivity contribution in [2.24, 2.45) is 0 Å². The Labute approximate surface area is 193 Å². The average molecular weight is 464 g/mol. The van der Waals surface area contributed by atoms with Crippen molar-refractivity contribution in [1.82, 2.24) is 14.5 Å². The van der Waals surface area contributed by atoms with E-state index in [0.717, 1.165) is 55.4 Å². The topological polar surface area (TPSA) is 73.8 Å². The van der Waals surface area contributed by atoms with Gasteiger partial charge in [0.05, 0.1) is 11.4 Å². The summed E-state index contributed by atoms with van der Waals surface area (Å²) in [6.45, 7) is 6.85. The highest BCUT2D eigenvalue weighted by atomic mass is 32.2. The SMILES string of the molecule is Cc1[nH]c(-c2cc(F)cc3[nH]ccc23)c(C(C)C)c1-c1cccc2c1ccn2CCS(=O)O. The van der Waals surface area contributed by atoms with Gasteiger partial charge in [-0.25, -0.2) is 8.60 Å². The van der Waals surface area contributed by atoms with Crippen molar-refractivity contribution in [2.75, 3.05) is 5.75 Å². The van der Waals surface area contributed by atoms with Gasteiger partial charge < -0.3 is 19.1 Å². The van der Waals surface area contributed by atoms with Gasteiger partial charge in [-0.1, -0.05) is 26.0 Å². The maximum atomic E-state index is 14.5. The highest BCUT2D eigenvalue weighted by Gasteiger charge is 2.23. The van der Waals surface area contributed by atoms with E-state index in [1.807, 2.05) is 35.2 Å². The molecule has 170 valence electrons. The molecule has 0 bridgehead atoms. The second kappa shape index (κ2) is 8.32. The van der Waals surface area contributed by atoms with Crippen molar-refractivity contribution in [3.8, 4) is 22.4 Å². The third-order valence-corrected chi connectivity index (χ3v) is 6.83. The van der Waals surface area contributed by atoms with Crippen LogP contribution in [0.2, 0.25) is 0 Å². The molecule has 1 atom stereocenters. The summed E-state index contributed by atoms with van der Waals surface area (Å²) in [6.07, 6.45) is 3.80. The predicted molar refractivity (Wildman–Crippen MR) is 133 cm³/mol. The van der Waals surface area contributed by atoms with E-state index >= 15 is 0 Å². The van der Waals surface area contributed by atoms with Crippen LogP contribution in [0.3, 0.4) is 0 Å². The first-order valence-corrected chi connectivity index (χ1v) is 12.3. The molecule has 33 heavy (non-hydrogen) atoms. The summed E-state index contributed by atoms with van der Waals surface area (Å²) in [5, 5.41) is 2.07. The lowest BCUT2D eigenvalue weighted by atomic mass is 9.89. The average Bonchev–Trinajstić information content (AvgIpc) is 3.47. The highest BCUT2D eigenvalue weighted by Crippen LogP contribution is 2.43. The van der Waals surface area contributed by atoms with E-state index in [-0.39, 0.29) is 17.5 Å². The zero-order valence-electron chi connectivity index (χ0n) is 18.8. The Morgan fingerprint density at radius 3 is 2.70 bits per heavy atom. The smallest absolute Gasteiger partial charge is 0.154 e. The van der Waals surface area contributed by atoms with E-state index in [9.17, 15) is 13.2 Å². The molecular weight excluding hydrogens is 437 g/mol. The van der Waals surface area contributed by atoms with Crippen LogP contribution in [0.25, 0.3) is 44.2 Å². The molecule has 0 aliphatic rings. The van der Waals surface area contributed by atoms with Gasteiger partial charge in [-0.3, -0.25) is 0 Å². The molecule has 3 N–H and O–H groups in total. The van der Waals surface area contributed by atoms with Crippen LogP contribution in [0.1, 0.15) is 31.0 Å². The molecule has 0 radical (unpaired) electrons. The second-order valence-electron chi connectivity index (χ2n) is 8.73. The minimum Gasteiger partial charge on any atom is -0.361 e. The summed E-state index contributed by atoms with van der Waals surface area (Å²) in [5.41, 5.74) is 7.98. The molecule has 5 nitrogen and oxygen atoms in total. The molecule has 0 saturated heterocycles. The summed E-state index contributed by atoms with van der Waals surface area (Å²) >= 11 is -1.84. The highest BCUT2D eigenvalue weighted by molar-refractivity contribution is 7.79. The molecule has 5 rings (SSSR count). The number of fused-ring (bicyclic) bond motifs is 2. The monoisotopic (exact) mass is 463 g/mol. The number of hydrogen-bond donors (Lipinski definition) is 3. The summed E-state index contributed by atoms with van der Waals surface area (Å²) in [5.74, 6) is 0.112. The van der Waals surface area contributed by atoms with Crippen LogP contribution in [0.15, 0.2) is 54.9 Å².